The van der Waals surface area contributed by atoms with Crippen molar-refractivity contribution >= 4 is 28.2 Å². The Morgan fingerprint density at radius 2 is 1.74 bits per heavy atom. The van der Waals surface area contributed by atoms with Crippen molar-refractivity contribution in [3.05, 3.63) is 51.4 Å². The standard InChI is InChI=1S/C26H35NO3S/c1-8-30-24(29)21-19-14-13-18(26(5,6)7)15-20(19)31-23(21)27-22(28)16-9-11-17(12-10-16)25(2,3)4/h9-12,18H,8,13-15H2,1-7H3,(H,27,28)/t18-/m1/s1. The van der Waals surface area contributed by atoms with E-state index in [4.69, 9.17) is 4.74 Å². The van der Waals surface area contributed by atoms with Gasteiger partial charge in [0.2, 0.25) is 0 Å². The molecular formula is C26H35NO3S. The fourth-order valence-corrected chi connectivity index (χ4v) is 5.44. The van der Waals surface area contributed by atoms with E-state index in [-0.39, 0.29) is 22.7 Å². The number of benzene rings is 1. The SMILES string of the molecule is CCOC(=O)c1c(NC(=O)c2ccc(C(C)(C)C)cc2)sc2c1CC[C@@H](C(C)(C)C)C2. The number of carbonyl (C=O) groups is 2. The molecule has 1 aliphatic rings. The van der Waals surface area contributed by atoms with Crippen molar-refractivity contribution in [2.45, 2.75) is 73.1 Å². The normalized spacial score (nSPS) is 16.5. The van der Waals surface area contributed by atoms with Crippen LogP contribution in [-0.4, -0.2) is 18.5 Å². The molecule has 1 N–H and O–H groups in total. The molecule has 0 aliphatic heterocycles. The molecule has 0 radical (unpaired) electrons. The summed E-state index contributed by atoms with van der Waals surface area (Å²) < 4.78 is 5.34. The Balaban J connectivity index is 1.90. The number of rotatable bonds is 4. The Labute approximate surface area is 190 Å². The highest BCUT2D eigenvalue weighted by molar-refractivity contribution is 7.17. The third-order valence-electron chi connectivity index (χ3n) is 6.21. The maximum atomic E-state index is 13.0. The van der Waals surface area contributed by atoms with Gasteiger partial charge >= 0.3 is 5.97 Å². The molecule has 0 unspecified atom stereocenters. The lowest BCUT2D eigenvalue weighted by Gasteiger charge is -2.33. The van der Waals surface area contributed by atoms with Crippen LogP contribution in [0.5, 0.6) is 0 Å². The molecule has 2 aromatic rings. The lowest BCUT2D eigenvalue weighted by molar-refractivity contribution is 0.0526. The minimum Gasteiger partial charge on any atom is -0.462 e. The summed E-state index contributed by atoms with van der Waals surface area (Å²) in [4.78, 5) is 27.0. The first-order valence-corrected chi connectivity index (χ1v) is 12.0. The van der Waals surface area contributed by atoms with E-state index in [9.17, 15) is 9.59 Å². The molecule has 3 rings (SSSR count). The summed E-state index contributed by atoms with van der Waals surface area (Å²) in [6.07, 6.45) is 2.82. The van der Waals surface area contributed by atoms with Crippen molar-refractivity contribution < 1.29 is 14.3 Å². The fourth-order valence-electron chi connectivity index (χ4n) is 4.13. The second kappa shape index (κ2) is 8.78. The smallest absolute Gasteiger partial charge is 0.341 e. The van der Waals surface area contributed by atoms with Crippen LogP contribution in [0.3, 0.4) is 0 Å². The quantitative estimate of drug-likeness (QED) is 0.542. The lowest BCUT2D eigenvalue weighted by atomic mass is 9.72. The molecule has 1 aliphatic carbocycles. The Hall–Kier alpha value is -2.14. The van der Waals surface area contributed by atoms with Gasteiger partial charge in [0.15, 0.2) is 0 Å². The number of amides is 1. The highest BCUT2D eigenvalue weighted by atomic mass is 32.1. The Kier molecular flexibility index (Phi) is 6.66. The Bertz CT molecular complexity index is 958. The average molecular weight is 442 g/mol. The first-order chi connectivity index (χ1) is 14.4. The molecule has 1 atom stereocenters. The van der Waals surface area contributed by atoms with Gasteiger partial charge in [0.05, 0.1) is 12.2 Å². The van der Waals surface area contributed by atoms with Gasteiger partial charge < -0.3 is 10.1 Å². The second-order valence-electron chi connectivity index (χ2n) is 10.5. The maximum absolute atomic E-state index is 13.0. The molecule has 0 saturated carbocycles. The van der Waals surface area contributed by atoms with Crippen LogP contribution in [0.25, 0.3) is 0 Å². The molecule has 1 amide bonds. The molecule has 5 heteroatoms. The summed E-state index contributed by atoms with van der Waals surface area (Å²) in [5.41, 5.74) is 3.61. The van der Waals surface area contributed by atoms with Crippen LogP contribution in [0, 0.1) is 11.3 Å². The molecule has 1 aromatic carbocycles. The van der Waals surface area contributed by atoms with Crippen molar-refractivity contribution in [3.8, 4) is 0 Å². The summed E-state index contributed by atoms with van der Waals surface area (Å²) in [6.45, 7) is 15.4. The zero-order valence-corrected chi connectivity index (χ0v) is 20.7. The highest BCUT2D eigenvalue weighted by Gasteiger charge is 2.34. The van der Waals surface area contributed by atoms with Gasteiger partial charge in [-0.05, 0) is 66.2 Å². The predicted octanol–water partition coefficient (Wildman–Crippen LogP) is 6.63. The van der Waals surface area contributed by atoms with Gasteiger partial charge in [-0.2, -0.15) is 0 Å². The molecule has 0 saturated heterocycles. The van der Waals surface area contributed by atoms with E-state index in [2.05, 4.69) is 46.9 Å². The van der Waals surface area contributed by atoms with E-state index >= 15 is 0 Å². The summed E-state index contributed by atoms with van der Waals surface area (Å²) in [5.74, 6) is 0.0201. The second-order valence-corrected chi connectivity index (χ2v) is 11.6. The first-order valence-electron chi connectivity index (χ1n) is 11.2. The van der Waals surface area contributed by atoms with Crippen molar-refractivity contribution in [1.29, 1.82) is 0 Å². The Morgan fingerprint density at radius 3 is 2.29 bits per heavy atom. The number of thiophene rings is 1. The molecule has 0 bridgehead atoms. The summed E-state index contributed by atoms with van der Waals surface area (Å²) >= 11 is 1.53. The van der Waals surface area contributed by atoms with Crippen LogP contribution in [0.1, 0.15) is 91.6 Å². The largest absolute Gasteiger partial charge is 0.462 e. The van der Waals surface area contributed by atoms with Crippen LogP contribution >= 0.6 is 11.3 Å². The number of fused-ring (bicyclic) bond motifs is 1. The van der Waals surface area contributed by atoms with Crippen LogP contribution in [-0.2, 0) is 23.0 Å². The lowest BCUT2D eigenvalue weighted by Crippen LogP contribution is -2.26. The number of carbonyl (C=O) groups excluding carboxylic acids is 2. The summed E-state index contributed by atoms with van der Waals surface area (Å²) in [7, 11) is 0. The fraction of sp³-hybridized carbons (Fsp3) is 0.538. The van der Waals surface area contributed by atoms with Gasteiger partial charge in [-0.25, -0.2) is 4.79 Å². The third-order valence-corrected chi connectivity index (χ3v) is 7.38. The zero-order valence-electron chi connectivity index (χ0n) is 19.8. The average Bonchev–Trinajstić information content (AvgIpc) is 3.04. The van der Waals surface area contributed by atoms with Crippen molar-refractivity contribution in [2.75, 3.05) is 11.9 Å². The number of ether oxygens (including phenoxy) is 1. The van der Waals surface area contributed by atoms with E-state index in [0.29, 0.717) is 28.7 Å². The predicted molar refractivity (Wildman–Crippen MR) is 128 cm³/mol. The van der Waals surface area contributed by atoms with Crippen molar-refractivity contribution in [2.24, 2.45) is 11.3 Å². The molecule has 31 heavy (non-hydrogen) atoms. The summed E-state index contributed by atoms with van der Waals surface area (Å²) in [6, 6.07) is 7.69. The van der Waals surface area contributed by atoms with E-state index in [0.717, 1.165) is 24.8 Å². The van der Waals surface area contributed by atoms with Gasteiger partial charge in [0.25, 0.3) is 5.91 Å². The van der Waals surface area contributed by atoms with Gasteiger partial charge in [0.1, 0.15) is 5.00 Å². The number of hydrogen-bond acceptors (Lipinski definition) is 4. The van der Waals surface area contributed by atoms with E-state index in [1.807, 2.05) is 24.3 Å². The maximum Gasteiger partial charge on any atom is 0.341 e. The molecule has 4 nitrogen and oxygen atoms in total. The summed E-state index contributed by atoms with van der Waals surface area (Å²) in [5, 5.41) is 3.63. The van der Waals surface area contributed by atoms with E-state index in [1.54, 1.807) is 6.92 Å². The van der Waals surface area contributed by atoms with Crippen LogP contribution < -0.4 is 5.32 Å². The molecule has 168 valence electrons. The van der Waals surface area contributed by atoms with E-state index in [1.165, 1.54) is 21.8 Å². The number of nitrogens with one attached hydrogen (secondary N) is 1. The highest BCUT2D eigenvalue weighted by Crippen LogP contribution is 2.44. The van der Waals surface area contributed by atoms with Crippen LogP contribution in [0.2, 0.25) is 0 Å². The van der Waals surface area contributed by atoms with Crippen molar-refractivity contribution in [1.82, 2.24) is 0 Å². The Morgan fingerprint density at radius 1 is 1.10 bits per heavy atom. The molecule has 0 spiro atoms. The van der Waals surface area contributed by atoms with Gasteiger partial charge in [-0.15, -0.1) is 11.3 Å². The monoisotopic (exact) mass is 441 g/mol. The molecule has 0 fully saturated rings. The van der Waals surface area contributed by atoms with Crippen molar-refractivity contribution in [3.63, 3.8) is 0 Å². The molecular weight excluding hydrogens is 406 g/mol. The minimum absolute atomic E-state index is 0.0302. The number of hydrogen-bond donors (Lipinski definition) is 1. The van der Waals surface area contributed by atoms with Gasteiger partial charge in [-0.1, -0.05) is 53.7 Å². The number of anilines is 1. The van der Waals surface area contributed by atoms with E-state index < -0.39 is 0 Å². The van der Waals surface area contributed by atoms with Crippen LogP contribution in [0.4, 0.5) is 5.00 Å². The molecule has 1 heterocycles. The van der Waals surface area contributed by atoms with Crippen LogP contribution in [0.15, 0.2) is 24.3 Å². The molecule has 1 aromatic heterocycles. The third kappa shape index (κ3) is 5.20. The first kappa shape index (κ1) is 23.5. The zero-order chi connectivity index (χ0) is 23.0. The van der Waals surface area contributed by atoms with Gasteiger partial charge in [-0.3, -0.25) is 4.79 Å². The minimum atomic E-state index is -0.340. The number of esters is 1. The topological polar surface area (TPSA) is 55.4 Å². The van der Waals surface area contributed by atoms with Gasteiger partial charge in [0, 0.05) is 10.4 Å².